The number of benzene rings is 3. The lowest BCUT2D eigenvalue weighted by molar-refractivity contribution is 0.457. The van der Waals surface area contributed by atoms with Crippen molar-refractivity contribution in [2.24, 2.45) is 23.7 Å². The molecule has 0 saturated heterocycles. The van der Waals surface area contributed by atoms with Gasteiger partial charge in [-0.2, -0.15) is 10.5 Å². The number of rotatable bonds is 1. The second-order valence-corrected chi connectivity index (χ2v) is 8.33. The summed E-state index contributed by atoms with van der Waals surface area (Å²) in [4.78, 5) is 0. The van der Waals surface area contributed by atoms with Crippen molar-refractivity contribution in [1.82, 2.24) is 0 Å². The van der Waals surface area contributed by atoms with Crippen LogP contribution >= 0.6 is 0 Å². The molecule has 0 spiro atoms. The van der Waals surface area contributed by atoms with Crippen LogP contribution in [-0.2, 0) is 0 Å². The summed E-state index contributed by atoms with van der Waals surface area (Å²) in [7, 11) is 0. The van der Waals surface area contributed by atoms with Crippen molar-refractivity contribution >= 4 is 27.6 Å². The fourth-order valence-electron chi connectivity index (χ4n) is 6.29. The topological polar surface area (TPSA) is 47.6 Å². The van der Waals surface area contributed by atoms with Crippen LogP contribution < -0.4 is 0 Å². The Balaban J connectivity index is 1.55. The van der Waals surface area contributed by atoms with Gasteiger partial charge in [0.15, 0.2) is 0 Å². The predicted octanol–water partition coefficient (Wildman–Crippen LogP) is 6.01. The molecular weight excluding hydrogens is 340 g/mol. The molecule has 0 aromatic heterocycles. The third-order valence-corrected chi connectivity index (χ3v) is 7.28. The second-order valence-electron chi connectivity index (χ2n) is 8.33. The standard InChI is InChI=1S/C26H18N2/c27-13-17(14-28)26-24-11-22-21(23(24)12-25(22)26)10-20-18-7-3-1-5-15(18)9-16-6-2-4-8-19(16)20/h1-10,22-25H,11-12H2. The summed E-state index contributed by atoms with van der Waals surface area (Å²) in [5.41, 5.74) is 4.43. The maximum atomic E-state index is 9.34. The molecule has 7 rings (SSSR count). The molecule has 132 valence electrons. The highest BCUT2D eigenvalue weighted by molar-refractivity contribution is 6.07. The Kier molecular flexibility index (Phi) is 3.12. The Morgan fingerprint density at radius 3 is 1.86 bits per heavy atom. The quantitative estimate of drug-likeness (QED) is 0.395. The van der Waals surface area contributed by atoms with Crippen molar-refractivity contribution in [2.75, 3.05) is 0 Å². The molecular formula is C26H18N2. The van der Waals surface area contributed by atoms with Crippen LogP contribution in [0.25, 0.3) is 27.6 Å². The number of hydrogen-bond acceptors (Lipinski definition) is 2. The van der Waals surface area contributed by atoms with Crippen LogP contribution in [0.4, 0.5) is 0 Å². The first-order valence-electron chi connectivity index (χ1n) is 9.96. The van der Waals surface area contributed by atoms with Crippen LogP contribution in [0.3, 0.4) is 0 Å². The van der Waals surface area contributed by atoms with Gasteiger partial charge in [0, 0.05) is 0 Å². The molecule has 4 aliphatic rings. The van der Waals surface area contributed by atoms with Gasteiger partial charge in [0.25, 0.3) is 0 Å². The Morgan fingerprint density at radius 2 is 1.32 bits per heavy atom. The Hall–Kier alpha value is -3.36. The number of nitrogens with zero attached hydrogens (tertiary/aromatic N) is 2. The van der Waals surface area contributed by atoms with Crippen molar-refractivity contribution in [3.05, 3.63) is 76.9 Å². The van der Waals surface area contributed by atoms with Crippen LogP contribution in [-0.4, -0.2) is 0 Å². The average Bonchev–Trinajstić information content (AvgIpc) is 3.46. The van der Waals surface area contributed by atoms with E-state index in [9.17, 15) is 10.5 Å². The van der Waals surface area contributed by atoms with E-state index < -0.39 is 0 Å². The normalized spacial score (nSPS) is 26.8. The molecule has 2 nitrogen and oxygen atoms in total. The molecule has 2 heteroatoms. The van der Waals surface area contributed by atoms with Gasteiger partial charge in [-0.15, -0.1) is 0 Å². The average molecular weight is 358 g/mol. The summed E-state index contributed by atoms with van der Waals surface area (Å²) in [5, 5.41) is 23.9. The van der Waals surface area contributed by atoms with E-state index in [4.69, 9.17) is 0 Å². The SMILES string of the molecule is N#CC(C#N)=C1C2CC3C(=Cc4c5ccccc5cc5ccccc45)C2CC13. The minimum absolute atomic E-state index is 0.384. The summed E-state index contributed by atoms with van der Waals surface area (Å²) in [6, 6.07) is 23.8. The molecule has 0 N–H and O–H groups in total. The molecule has 4 saturated carbocycles. The lowest BCUT2D eigenvalue weighted by atomic mass is 9.86. The largest absolute Gasteiger partial charge is 0.192 e. The van der Waals surface area contributed by atoms with E-state index in [1.165, 1.54) is 32.7 Å². The molecule has 4 aliphatic carbocycles. The van der Waals surface area contributed by atoms with Crippen LogP contribution in [0, 0.1) is 46.3 Å². The molecule has 0 heterocycles. The summed E-state index contributed by atoms with van der Waals surface area (Å²) in [6.45, 7) is 0. The predicted molar refractivity (Wildman–Crippen MR) is 111 cm³/mol. The molecule has 4 unspecified atom stereocenters. The fraction of sp³-hybridized carbons (Fsp3) is 0.231. The van der Waals surface area contributed by atoms with E-state index in [0.717, 1.165) is 12.8 Å². The molecule has 4 bridgehead atoms. The monoisotopic (exact) mass is 358 g/mol. The van der Waals surface area contributed by atoms with Crippen molar-refractivity contribution in [3.8, 4) is 12.1 Å². The van der Waals surface area contributed by atoms with Gasteiger partial charge >= 0.3 is 0 Å². The van der Waals surface area contributed by atoms with E-state index in [-0.39, 0.29) is 0 Å². The van der Waals surface area contributed by atoms with Crippen LogP contribution in [0.5, 0.6) is 0 Å². The first-order chi connectivity index (χ1) is 13.8. The van der Waals surface area contributed by atoms with Crippen molar-refractivity contribution < 1.29 is 0 Å². The zero-order valence-electron chi connectivity index (χ0n) is 15.4. The maximum Gasteiger partial charge on any atom is 0.129 e. The van der Waals surface area contributed by atoms with Crippen LogP contribution in [0.15, 0.2) is 71.3 Å². The first kappa shape index (κ1) is 15.7. The third kappa shape index (κ3) is 1.90. The van der Waals surface area contributed by atoms with Gasteiger partial charge < -0.3 is 0 Å². The van der Waals surface area contributed by atoms with E-state index >= 15 is 0 Å². The van der Waals surface area contributed by atoms with E-state index in [2.05, 4.69) is 72.8 Å². The fourth-order valence-corrected chi connectivity index (χ4v) is 6.29. The zero-order valence-corrected chi connectivity index (χ0v) is 15.4. The van der Waals surface area contributed by atoms with Gasteiger partial charge in [0.1, 0.15) is 17.7 Å². The van der Waals surface area contributed by atoms with Crippen LogP contribution in [0.2, 0.25) is 0 Å². The van der Waals surface area contributed by atoms with E-state index in [0.29, 0.717) is 29.2 Å². The smallest absolute Gasteiger partial charge is 0.129 e. The summed E-state index contributed by atoms with van der Waals surface area (Å²) in [5.74, 6) is 1.85. The van der Waals surface area contributed by atoms with Crippen molar-refractivity contribution in [3.63, 3.8) is 0 Å². The second kappa shape index (κ2) is 5.57. The van der Waals surface area contributed by atoms with Crippen molar-refractivity contribution in [1.29, 1.82) is 10.5 Å². The third-order valence-electron chi connectivity index (χ3n) is 7.28. The molecule has 4 atom stereocenters. The Bertz CT molecular complexity index is 1220. The minimum Gasteiger partial charge on any atom is -0.192 e. The lowest BCUT2D eigenvalue weighted by Gasteiger charge is -2.17. The molecule has 0 aliphatic heterocycles. The van der Waals surface area contributed by atoms with Crippen molar-refractivity contribution in [2.45, 2.75) is 12.8 Å². The molecule has 3 aromatic rings. The summed E-state index contributed by atoms with van der Waals surface area (Å²) in [6.07, 6.45) is 4.69. The molecule has 28 heavy (non-hydrogen) atoms. The van der Waals surface area contributed by atoms with Gasteiger partial charge in [-0.3, -0.25) is 0 Å². The van der Waals surface area contributed by atoms with Gasteiger partial charge in [-0.1, -0.05) is 60.2 Å². The number of hydrogen-bond donors (Lipinski definition) is 0. The maximum absolute atomic E-state index is 9.34. The highest BCUT2D eigenvalue weighted by Gasteiger charge is 2.60. The summed E-state index contributed by atoms with van der Waals surface area (Å²) >= 11 is 0. The molecule has 3 aromatic carbocycles. The first-order valence-corrected chi connectivity index (χ1v) is 9.96. The molecule has 0 amide bonds. The Morgan fingerprint density at radius 1 is 0.786 bits per heavy atom. The lowest BCUT2D eigenvalue weighted by Crippen LogP contribution is -2.07. The van der Waals surface area contributed by atoms with E-state index in [1.807, 2.05) is 0 Å². The Labute approximate surface area is 164 Å². The van der Waals surface area contributed by atoms with Gasteiger partial charge in [0.05, 0.1) is 0 Å². The number of fused-ring (bicyclic) bond motifs is 2. The van der Waals surface area contributed by atoms with E-state index in [1.54, 1.807) is 5.57 Å². The van der Waals surface area contributed by atoms with Gasteiger partial charge in [-0.25, -0.2) is 0 Å². The minimum atomic E-state index is 0.384. The van der Waals surface area contributed by atoms with Gasteiger partial charge in [-0.05, 0) is 75.3 Å². The molecule has 4 fully saturated rings. The van der Waals surface area contributed by atoms with Crippen LogP contribution in [0.1, 0.15) is 18.4 Å². The molecule has 0 radical (unpaired) electrons. The van der Waals surface area contributed by atoms with Gasteiger partial charge in [0.2, 0.25) is 0 Å². The highest BCUT2D eigenvalue weighted by atomic mass is 14.6. The number of nitriles is 2. The number of allylic oxidation sites excluding steroid dienone is 3. The highest BCUT2D eigenvalue weighted by Crippen LogP contribution is 2.69. The zero-order chi connectivity index (χ0) is 18.8. The summed E-state index contributed by atoms with van der Waals surface area (Å²) < 4.78 is 0.